The van der Waals surface area contributed by atoms with Gasteiger partial charge in [0.15, 0.2) is 0 Å². The van der Waals surface area contributed by atoms with Crippen molar-refractivity contribution < 1.29 is 29.4 Å². The number of hydrogen-bond donors (Lipinski definition) is 0. The Labute approximate surface area is 80.2 Å². The molecule has 0 aromatic carbocycles. The number of alkyl halides is 1. The maximum atomic E-state index is 10.6. The van der Waals surface area contributed by atoms with E-state index in [1.54, 1.807) is 6.92 Å². The summed E-state index contributed by atoms with van der Waals surface area (Å²) >= 11 is 0.0587. The van der Waals surface area contributed by atoms with Crippen LogP contribution in [0.5, 0.6) is 0 Å². The molecule has 4 heteroatoms. The summed E-state index contributed by atoms with van der Waals surface area (Å²) in [5, 5.41) is 0.275. The van der Waals surface area contributed by atoms with E-state index in [-0.39, 0.29) is 24.9 Å². The van der Waals surface area contributed by atoms with E-state index in [1.807, 2.05) is 0 Å². The van der Waals surface area contributed by atoms with Crippen molar-refractivity contribution >= 4 is 14.0 Å². The zero-order valence-electron chi connectivity index (χ0n) is 6.51. The third kappa shape index (κ3) is 4.32. The van der Waals surface area contributed by atoms with Crippen LogP contribution >= 0.6 is 8.93 Å². The topological polar surface area (TPSA) is 26.3 Å². The summed E-state index contributed by atoms with van der Waals surface area (Å²) in [5.41, 5.74) is 0. The van der Waals surface area contributed by atoms with Crippen molar-refractivity contribution in [2.75, 3.05) is 17.6 Å². The number of rotatable bonds is 3. The number of ether oxygens (including phenoxy) is 1. The first-order valence-electron chi connectivity index (χ1n) is 3.63. The molecule has 1 saturated heterocycles. The molecule has 11 heavy (non-hydrogen) atoms. The van der Waals surface area contributed by atoms with Crippen LogP contribution in [0.4, 0.5) is 0 Å². The quantitative estimate of drug-likeness (QED) is 0.457. The van der Waals surface area contributed by atoms with Crippen LogP contribution in [0.1, 0.15) is 13.3 Å². The second-order valence-electron chi connectivity index (χ2n) is 2.56. The zero-order valence-corrected chi connectivity index (χ0v) is 9.48. The van der Waals surface area contributed by atoms with Crippen LogP contribution in [0.25, 0.3) is 0 Å². The van der Waals surface area contributed by atoms with Crippen LogP contribution in [-0.2, 0) is 9.53 Å². The van der Waals surface area contributed by atoms with Crippen LogP contribution in [0, 0.1) is 5.92 Å². The predicted molar refractivity (Wildman–Crippen MR) is 42.1 cm³/mol. The van der Waals surface area contributed by atoms with Crippen molar-refractivity contribution in [1.82, 2.24) is 0 Å². The molecule has 1 rings (SSSR count). The molecule has 0 aliphatic carbocycles. The summed E-state index contributed by atoms with van der Waals surface area (Å²) in [6.45, 7) is 3.51. The van der Waals surface area contributed by atoms with Gasteiger partial charge in [-0.25, -0.2) is 0 Å². The van der Waals surface area contributed by atoms with Gasteiger partial charge in [0.1, 0.15) is 0 Å². The molecular weight excluding hydrogens is 275 g/mol. The predicted octanol–water partition coefficient (Wildman–Crippen LogP) is -1.69. The number of carbonyl (C=O) groups is 1. The Bertz CT molecular complexity index is 134. The average molecular weight is 287 g/mol. The molecule has 1 heterocycles. The van der Waals surface area contributed by atoms with Gasteiger partial charge in [-0.3, -0.25) is 0 Å². The molecule has 1 unspecified atom stereocenters. The first-order chi connectivity index (χ1) is 5.29. The molecule has 1 aliphatic heterocycles. The summed E-state index contributed by atoms with van der Waals surface area (Å²) in [7, 11) is 1.53. The van der Waals surface area contributed by atoms with Gasteiger partial charge in [-0.2, -0.15) is 0 Å². The van der Waals surface area contributed by atoms with E-state index >= 15 is 0 Å². The fourth-order valence-electron chi connectivity index (χ4n) is 0.902. The van der Waals surface area contributed by atoms with Crippen LogP contribution in [0.3, 0.4) is 0 Å². The minimum absolute atomic E-state index is 0.0587. The molecule has 66 valence electrons. The standard InChI is InChI=1S/C7H12IO2S/c1-6(9)11-8-4-7-2-3-10-5-7/h7H,2-5H2,1H3/q-1. The van der Waals surface area contributed by atoms with Gasteiger partial charge in [0.2, 0.25) is 0 Å². The summed E-state index contributed by atoms with van der Waals surface area (Å²) in [4.78, 5) is 10.6. The van der Waals surface area contributed by atoms with Gasteiger partial charge >= 0.3 is 80.3 Å². The van der Waals surface area contributed by atoms with Crippen molar-refractivity contribution in [3.63, 3.8) is 0 Å². The molecule has 0 saturated carbocycles. The summed E-state index contributed by atoms with van der Waals surface area (Å²) in [6.07, 6.45) is 1.21. The SMILES string of the molecule is CC(=O)S[I-]CC1CCOC1. The van der Waals surface area contributed by atoms with E-state index in [9.17, 15) is 4.79 Å². The van der Waals surface area contributed by atoms with Gasteiger partial charge in [0.05, 0.1) is 0 Å². The number of carbonyl (C=O) groups excluding carboxylic acids is 1. The molecule has 1 atom stereocenters. The van der Waals surface area contributed by atoms with E-state index in [4.69, 9.17) is 4.74 Å². The third-order valence-electron chi connectivity index (χ3n) is 1.47. The normalized spacial score (nSPS) is 24.3. The van der Waals surface area contributed by atoms with Gasteiger partial charge in [0, 0.05) is 0 Å². The molecule has 0 spiro atoms. The van der Waals surface area contributed by atoms with Gasteiger partial charge < -0.3 is 0 Å². The van der Waals surface area contributed by atoms with Crippen LogP contribution in [0.15, 0.2) is 0 Å². The summed E-state index contributed by atoms with van der Waals surface area (Å²) in [5.74, 6) is 0.759. The monoisotopic (exact) mass is 287 g/mol. The molecule has 2 nitrogen and oxygen atoms in total. The number of hydrogen-bond acceptors (Lipinski definition) is 3. The van der Waals surface area contributed by atoms with Gasteiger partial charge in [-0.1, -0.05) is 0 Å². The molecule has 0 amide bonds. The maximum absolute atomic E-state index is 10.6. The fraction of sp³-hybridized carbons (Fsp3) is 0.857. The Morgan fingerprint density at radius 1 is 1.82 bits per heavy atom. The Balaban J connectivity index is 1.98. The Morgan fingerprint density at radius 3 is 3.18 bits per heavy atom. The van der Waals surface area contributed by atoms with Crippen molar-refractivity contribution in [2.24, 2.45) is 5.92 Å². The number of halogens is 1. The van der Waals surface area contributed by atoms with Crippen molar-refractivity contribution in [1.29, 1.82) is 0 Å². The molecule has 1 aliphatic rings. The molecule has 1 fully saturated rings. The van der Waals surface area contributed by atoms with Gasteiger partial charge in [0.25, 0.3) is 0 Å². The Morgan fingerprint density at radius 2 is 2.64 bits per heavy atom. The van der Waals surface area contributed by atoms with E-state index in [0.717, 1.165) is 19.1 Å². The summed E-state index contributed by atoms with van der Waals surface area (Å²) in [6, 6.07) is 0. The summed E-state index contributed by atoms with van der Waals surface area (Å²) < 4.78 is 6.48. The molecule has 0 radical (unpaired) electrons. The second-order valence-corrected chi connectivity index (χ2v) is 7.58. The van der Waals surface area contributed by atoms with Gasteiger partial charge in [-0.05, 0) is 0 Å². The van der Waals surface area contributed by atoms with Crippen molar-refractivity contribution in [2.45, 2.75) is 13.3 Å². The Hall–Kier alpha value is 0.710. The van der Waals surface area contributed by atoms with Crippen LogP contribution < -0.4 is 19.8 Å². The van der Waals surface area contributed by atoms with Crippen LogP contribution in [-0.4, -0.2) is 22.8 Å². The first kappa shape index (κ1) is 9.80. The van der Waals surface area contributed by atoms with Crippen LogP contribution in [0.2, 0.25) is 0 Å². The molecule has 0 aromatic rings. The first-order valence-corrected chi connectivity index (χ1v) is 8.52. The average Bonchev–Trinajstić information content (AvgIpc) is 2.39. The van der Waals surface area contributed by atoms with E-state index in [2.05, 4.69) is 0 Å². The zero-order chi connectivity index (χ0) is 8.10. The second kappa shape index (κ2) is 5.37. The van der Waals surface area contributed by atoms with Crippen molar-refractivity contribution in [3.05, 3.63) is 0 Å². The fourth-order valence-corrected chi connectivity index (χ4v) is 5.37. The Kier molecular flexibility index (Phi) is 4.78. The third-order valence-corrected chi connectivity index (χ3v) is 7.04. The molecule has 0 bridgehead atoms. The van der Waals surface area contributed by atoms with E-state index < -0.39 is 0 Å². The molecule has 0 N–H and O–H groups in total. The van der Waals surface area contributed by atoms with Gasteiger partial charge in [-0.15, -0.1) is 0 Å². The van der Waals surface area contributed by atoms with E-state index in [0.29, 0.717) is 0 Å². The molecule has 0 aromatic heterocycles. The molecular formula is C7H12IO2S-. The minimum atomic E-state index is 0.0587. The van der Waals surface area contributed by atoms with E-state index in [1.165, 1.54) is 19.8 Å². The van der Waals surface area contributed by atoms with Crippen molar-refractivity contribution in [3.8, 4) is 0 Å².